The number of benzene rings is 1. The minimum atomic E-state index is 0. The van der Waals surface area contributed by atoms with Crippen LogP contribution in [0.15, 0.2) is 12.1 Å². The van der Waals surface area contributed by atoms with Crippen LogP contribution >= 0.6 is 8.58 Å². The Kier molecular flexibility index (Phi) is 8.32. The predicted molar refractivity (Wildman–Crippen MR) is 91.4 cm³/mol. The van der Waals surface area contributed by atoms with Gasteiger partial charge >= 0.3 is 0 Å². The molecule has 1 aromatic rings. The molecule has 0 N–H and O–H groups in total. The molecule has 4 nitrogen and oxygen atoms in total. The number of ether oxygens (including phenoxy) is 3. The largest absolute Gasteiger partial charge is 0.496 e. The predicted octanol–water partition coefficient (Wildman–Crippen LogP) is 3.48. The number of methoxy groups -OCH3 is 3. The topological polar surface area (TPSA) is 44.8 Å². The van der Waals surface area contributed by atoms with Gasteiger partial charge in [-0.05, 0) is 27.1 Å². The Labute approximate surface area is 146 Å². The maximum absolute atomic E-state index is 12.7. The van der Waals surface area contributed by atoms with E-state index in [9.17, 15) is 4.79 Å². The fraction of sp³-hybridized carbons (Fsp3) is 0.562. The first-order chi connectivity index (χ1) is 10.2. The van der Waals surface area contributed by atoms with E-state index in [4.69, 9.17) is 14.2 Å². The minimum absolute atomic E-state index is 0. The normalized spacial score (nSPS) is 15.4. The van der Waals surface area contributed by atoms with Gasteiger partial charge in [-0.2, -0.15) is 0 Å². The number of carbonyl (C=O) groups is 1. The van der Waals surface area contributed by atoms with Crippen LogP contribution in [0.1, 0.15) is 42.5 Å². The molecule has 0 saturated heterocycles. The summed E-state index contributed by atoms with van der Waals surface area (Å²) in [6.07, 6.45) is 6.09. The molecule has 6 heteroatoms. The van der Waals surface area contributed by atoms with Crippen molar-refractivity contribution in [1.29, 1.82) is 0 Å². The first-order valence-electron chi connectivity index (χ1n) is 7.30. The van der Waals surface area contributed by atoms with E-state index in [2.05, 4.69) is 0 Å². The summed E-state index contributed by atoms with van der Waals surface area (Å²) < 4.78 is 15.9. The molecular formula is C16H23LiO4P. The van der Waals surface area contributed by atoms with E-state index in [1.54, 1.807) is 33.5 Å². The molecule has 0 aliphatic heterocycles. The van der Waals surface area contributed by atoms with Crippen LogP contribution in [0, 0.1) is 0 Å². The zero-order valence-corrected chi connectivity index (χ0v) is 14.9. The molecule has 1 fully saturated rings. The molecule has 2 rings (SSSR count). The van der Waals surface area contributed by atoms with Crippen molar-refractivity contribution in [2.75, 3.05) is 21.3 Å². The molecule has 0 heterocycles. The maximum atomic E-state index is 12.7. The van der Waals surface area contributed by atoms with Crippen LogP contribution in [0.25, 0.3) is 0 Å². The smallest absolute Gasteiger partial charge is 0.188 e. The number of hydrogen-bond acceptors (Lipinski definition) is 4. The summed E-state index contributed by atoms with van der Waals surface area (Å²) >= 11 is 0. The van der Waals surface area contributed by atoms with Crippen LogP contribution in [-0.4, -0.2) is 51.4 Å². The molecule has 0 aromatic heterocycles. The van der Waals surface area contributed by atoms with Crippen molar-refractivity contribution in [3.8, 4) is 17.2 Å². The molecule has 1 unspecified atom stereocenters. The Balaban J connectivity index is 0.00000242. The van der Waals surface area contributed by atoms with Gasteiger partial charge in [0.25, 0.3) is 0 Å². The van der Waals surface area contributed by atoms with E-state index in [0.717, 1.165) is 12.8 Å². The molecule has 0 amide bonds. The SMILES string of the molecule is COc1cc(OC)c(C(=O)PC2CCCCC2)c(OC)c1.[Li]. The van der Waals surface area contributed by atoms with Crippen molar-refractivity contribution >= 4 is 33.0 Å². The molecule has 117 valence electrons. The summed E-state index contributed by atoms with van der Waals surface area (Å²) in [6, 6.07) is 3.47. The zero-order valence-electron chi connectivity index (χ0n) is 13.9. The van der Waals surface area contributed by atoms with E-state index in [0.29, 0.717) is 28.5 Å². The second-order valence-corrected chi connectivity index (χ2v) is 6.77. The molecule has 0 bridgehead atoms. The molecule has 1 atom stereocenters. The number of hydrogen-bond donors (Lipinski definition) is 0. The van der Waals surface area contributed by atoms with Crippen molar-refractivity contribution in [2.45, 2.75) is 37.8 Å². The summed E-state index contributed by atoms with van der Waals surface area (Å²) in [6.45, 7) is 0. The van der Waals surface area contributed by atoms with Crippen LogP contribution in [0.2, 0.25) is 0 Å². The fourth-order valence-corrected chi connectivity index (χ4v) is 4.19. The molecular weight excluding hydrogens is 294 g/mol. The van der Waals surface area contributed by atoms with Gasteiger partial charge < -0.3 is 14.2 Å². The molecule has 0 spiro atoms. The number of rotatable bonds is 6. The first-order valence-corrected chi connectivity index (χ1v) is 8.38. The van der Waals surface area contributed by atoms with Crippen LogP contribution in [0.4, 0.5) is 0 Å². The van der Waals surface area contributed by atoms with E-state index in [1.807, 2.05) is 0 Å². The Morgan fingerprint density at radius 1 is 1.00 bits per heavy atom. The molecule has 1 aromatic carbocycles. The van der Waals surface area contributed by atoms with Gasteiger partial charge in [0.15, 0.2) is 5.52 Å². The minimum Gasteiger partial charge on any atom is -0.496 e. The van der Waals surface area contributed by atoms with E-state index < -0.39 is 0 Å². The van der Waals surface area contributed by atoms with Crippen LogP contribution in [-0.2, 0) is 0 Å². The average molecular weight is 317 g/mol. The van der Waals surface area contributed by atoms with Gasteiger partial charge in [-0.25, -0.2) is 0 Å². The Morgan fingerprint density at radius 3 is 2.00 bits per heavy atom. The van der Waals surface area contributed by atoms with E-state index >= 15 is 0 Å². The van der Waals surface area contributed by atoms with Crippen molar-refractivity contribution in [1.82, 2.24) is 0 Å². The summed E-state index contributed by atoms with van der Waals surface area (Å²) in [4.78, 5) is 12.7. The van der Waals surface area contributed by atoms with E-state index in [-0.39, 0.29) is 33.0 Å². The van der Waals surface area contributed by atoms with Gasteiger partial charge in [-0.3, -0.25) is 4.79 Å². The van der Waals surface area contributed by atoms with Crippen molar-refractivity contribution in [2.24, 2.45) is 0 Å². The third-order valence-corrected chi connectivity index (χ3v) is 5.38. The van der Waals surface area contributed by atoms with Gasteiger partial charge in [0.1, 0.15) is 22.8 Å². The van der Waals surface area contributed by atoms with Crippen LogP contribution in [0.5, 0.6) is 17.2 Å². The van der Waals surface area contributed by atoms with E-state index in [1.165, 1.54) is 19.3 Å². The van der Waals surface area contributed by atoms with Crippen molar-refractivity contribution < 1.29 is 19.0 Å². The summed E-state index contributed by atoms with van der Waals surface area (Å²) in [7, 11) is 5.00. The standard InChI is InChI=1S/C16H23O4P.Li/c1-18-11-9-13(19-2)15(14(10-11)20-3)16(17)21-12-7-5-4-6-8-12;/h9-10,12,21H,4-8H2,1-3H3;. The summed E-state index contributed by atoms with van der Waals surface area (Å²) in [5, 5.41) is 0. The Morgan fingerprint density at radius 2 is 1.55 bits per heavy atom. The molecule has 1 aliphatic rings. The Bertz CT molecular complexity index is 476. The second kappa shape index (κ2) is 9.45. The Hall–Kier alpha value is -0.683. The fourth-order valence-electron chi connectivity index (χ4n) is 2.73. The van der Waals surface area contributed by atoms with Gasteiger partial charge in [-0.15, -0.1) is 0 Å². The van der Waals surface area contributed by atoms with Gasteiger partial charge in [0, 0.05) is 31.0 Å². The second-order valence-electron chi connectivity index (χ2n) is 5.22. The monoisotopic (exact) mass is 317 g/mol. The third-order valence-electron chi connectivity index (χ3n) is 3.88. The number of carbonyl (C=O) groups excluding carboxylic acids is 1. The van der Waals surface area contributed by atoms with Crippen LogP contribution in [0.3, 0.4) is 0 Å². The van der Waals surface area contributed by atoms with Gasteiger partial charge in [0.2, 0.25) is 0 Å². The van der Waals surface area contributed by atoms with Crippen molar-refractivity contribution in [3.05, 3.63) is 17.7 Å². The summed E-state index contributed by atoms with van der Waals surface area (Å²) in [5.41, 5.74) is 1.19. The maximum Gasteiger partial charge on any atom is 0.188 e. The molecule has 1 aliphatic carbocycles. The quantitative estimate of drug-likeness (QED) is 0.595. The first kappa shape index (κ1) is 19.4. The molecule has 22 heavy (non-hydrogen) atoms. The van der Waals surface area contributed by atoms with Gasteiger partial charge in [-0.1, -0.05) is 19.3 Å². The summed E-state index contributed by atoms with van der Waals surface area (Å²) in [5.74, 6) is 1.68. The third kappa shape index (κ3) is 4.65. The van der Waals surface area contributed by atoms with Crippen LogP contribution < -0.4 is 14.2 Å². The van der Waals surface area contributed by atoms with Crippen molar-refractivity contribution in [3.63, 3.8) is 0 Å². The molecule has 1 saturated carbocycles. The zero-order chi connectivity index (χ0) is 15.2. The van der Waals surface area contributed by atoms with Gasteiger partial charge in [0.05, 0.1) is 21.3 Å². The average Bonchev–Trinajstić information content (AvgIpc) is 2.54. The molecule has 1 radical (unpaired) electrons.